The minimum atomic E-state index is -0.453. The van der Waals surface area contributed by atoms with Crippen molar-refractivity contribution in [3.63, 3.8) is 0 Å². The molecule has 15 heavy (non-hydrogen) atoms. The fourth-order valence-electron chi connectivity index (χ4n) is 2.17. The molecule has 88 valence electrons. The van der Waals surface area contributed by atoms with Crippen LogP contribution in [-0.2, 0) is 14.3 Å². The molecule has 0 bridgehead atoms. The van der Waals surface area contributed by atoms with Gasteiger partial charge in [0.05, 0.1) is 7.11 Å². The lowest BCUT2D eigenvalue weighted by Crippen LogP contribution is -2.55. The third-order valence-corrected chi connectivity index (χ3v) is 3.02. The van der Waals surface area contributed by atoms with Gasteiger partial charge in [-0.1, -0.05) is 0 Å². The molecule has 1 N–H and O–H groups in total. The summed E-state index contributed by atoms with van der Waals surface area (Å²) in [6, 6.07) is 0. The summed E-state index contributed by atoms with van der Waals surface area (Å²) >= 11 is 0. The molecule has 1 unspecified atom stereocenters. The quantitative estimate of drug-likeness (QED) is 0.551. The van der Waals surface area contributed by atoms with Gasteiger partial charge in [0.2, 0.25) is 0 Å². The van der Waals surface area contributed by atoms with E-state index in [1.165, 1.54) is 7.11 Å². The first-order chi connectivity index (χ1) is 7.25. The second-order valence-corrected chi connectivity index (χ2v) is 4.05. The standard InChI is InChI=1S/C11H21NO3/c1-14-9-5-7-11(10(13)15-2)6-3-4-8-12-11/h12H,3-9H2,1-2H3. The van der Waals surface area contributed by atoms with E-state index in [4.69, 9.17) is 9.47 Å². The Morgan fingerprint density at radius 2 is 2.20 bits per heavy atom. The van der Waals surface area contributed by atoms with E-state index in [-0.39, 0.29) is 5.97 Å². The Balaban J connectivity index is 2.54. The molecule has 0 aromatic carbocycles. The number of carbonyl (C=O) groups excluding carboxylic acids is 1. The van der Waals surface area contributed by atoms with Crippen molar-refractivity contribution in [1.82, 2.24) is 5.32 Å². The Hall–Kier alpha value is -0.610. The first-order valence-corrected chi connectivity index (χ1v) is 5.57. The average Bonchev–Trinajstić information content (AvgIpc) is 2.29. The highest BCUT2D eigenvalue weighted by Gasteiger charge is 2.39. The van der Waals surface area contributed by atoms with Crippen LogP contribution in [0.4, 0.5) is 0 Å². The zero-order chi connectivity index (χ0) is 11.1. The molecule has 0 radical (unpaired) electrons. The second kappa shape index (κ2) is 6.08. The number of piperidine rings is 1. The van der Waals surface area contributed by atoms with Gasteiger partial charge in [0.15, 0.2) is 0 Å². The fraction of sp³-hybridized carbons (Fsp3) is 0.909. The van der Waals surface area contributed by atoms with Gasteiger partial charge in [-0.3, -0.25) is 4.79 Å². The van der Waals surface area contributed by atoms with Gasteiger partial charge < -0.3 is 14.8 Å². The molecule has 1 rings (SSSR count). The third-order valence-electron chi connectivity index (χ3n) is 3.02. The second-order valence-electron chi connectivity index (χ2n) is 4.05. The van der Waals surface area contributed by atoms with E-state index in [1.807, 2.05) is 0 Å². The van der Waals surface area contributed by atoms with E-state index in [0.717, 1.165) is 38.6 Å². The van der Waals surface area contributed by atoms with Crippen LogP contribution in [0.1, 0.15) is 32.1 Å². The smallest absolute Gasteiger partial charge is 0.326 e. The summed E-state index contributed by atoms with van der Waals surface area (Å²) in [4.78, 5) is 11.8. The molecular weight excluding hydrogens is 194 g/mol. The van der Waals surface area contributed by atoms with Gasteiger partial charge in [0, 0.05) is 13.7 Å². The molecule has 0 aromatic heterocycles. The van der Waals surface area contributed by atoms with Crippen molar-refractivity contribution in [3.05, 3.63) is 0 Å². The lowest BCUT2D eigenvalue weighted by molar-refractivity contribution is -0.150. The minimum absolute atomic E-state index is 0.127. The predicted octanol–water partition coefficient (Wildman–Crippen LogP) is 1.10. The Bertz CT molecular complexity index is 200. The van der Waals surface area contributed by atoms with Crippen LogP contribution >= 0.6 is 0 Å². The van der Waals surface area contributed by atoms with Gasteiger partial charge >= 0.3 is 5.97 Å². The van der Waals surface area contributed by atoms with Crippen molar-refractivity contribution >= 4 is 5.97 Å². The molecule has 0 spiro atoms. The number of nitrogens with one attached hydrogen (secondary N) is 1. The number of hydrogen-bond donors (Lipinski definition) is 1. The summed E-state index contributed by atoms with van der Waals surface area (Å²) < 4.78 is 9.89. The van der Waals surface area contributed by atoms with Crippen LogP contribution in [0.25, 0.3) is 0 Å². The highest BCUT2D eigenvalue weighted by atomic mass is 16.5. The molecule has 1 atom stereocenters. The molecule has 0 aliphatic carbocycles. The summed E-state index contributed by atoms with van der Waals surface area (Å²) in [6.45, 7) is 1.60. The molecule has 4 heteroatoms. The van der Waals surface area contributed by atoms with Crippen molar-refractivity contribution in [1.29, 1.82) is 0 Å². The summed E-state index contributed by atoms with van der Waals surface area (Å²) in [5.41, 5.74) is -0.453. The summed E-state index contributed by atoms with van der Waals surface area (Å²) in [5.74, 6) is -0.127. The minimum Gasteiger partial charge on any atom is -0.468 e. The molecular formula is C11H21NO3. The maximum atomic E-state index is 11.8. The number of rotatable bonds is 5. The van der Waals surface area contributed by atoms with E-state index in [2.05, 4.69) is 5.32 Å². The molecule has 0 saturated carbocycles. The maximum absolute atomic E-state index is 11.8. The highest BCUT2D eigenvalue weighted by Crippen LogP contribution is 2.25. The van der Waals surface area contributed by atoms with E-state index >= 15 is 0 Å². The van der Waals surface area contributed by atoms with Crippen LogP contribution in [0.15, 0.2) is 0 Å². The monoisotopic (exact) mass is 215 g/mol. The summed E-state index contributed by atoms with van der Waals surface area (Å²) in [5, 5.41) is 3.31. The van der Waals surface area contributed by atoms with Crippen molar-refractivity contribution in [2.45, 2.75) is 37.6 Å². The largest absolute Gasteiger partial charge is 0.468 e. The van der Waals surface area contributed by atoms with Crippen LogP contribution in [-0.4, -0.2) is 38.9 Å². The Morgan fingerprint density at radius 1 is 1.40 bits per heavy atom. The highest BCUT2D eigenvalue weighted by molar-refractivity contribution is 5.80. The van der Waals surface area contributed by atoms with E-state index in [9.17, 15) is 4.79 Å². The van der Waals surface area contributed by atoms with Crippen LogP contribution in [0.5, 0.6) is 0 Å². The first-order valence-electron chi connectivity index (χ1n) is 5.57. The molecule has 1 saturated heterocycles. The average molecular weight is 215 g/mol. The lowest BCUT2D eigenvalue weighted by Gasteiger charge is -2.35. The molecule has 1 fully saturated rings. The topological polar surface area (TPSA) is 47.6 Å². The molecule has 1 aliphatic rings. The summed E-state index contributed by atoms with van der Waals surface area (Å²) in [7, 11) is 3.13. The zero-order valence-electron chi connectivity index (χ0n) is 9.67. The van der Waals surface area contributed by atoms with Crippen LogP contribution in [0, 0.1) is 0 Å². The number of ether oxygens (including phenoxy) is 2. The normalized spacial score (nSPS) is 26.3. The van der Waals surface area contributed by atoms with Crippen molar-refractivity contribution in [2.75, 3.05) is 27.4 Å². The van der Waals surface area contributed by atoms with Gasteiger partial charge in [-0.05, 0) is 38.6 Å². The maximum Gasteiger partial charge on any atom is 0.326 e. The molecule has 4 nitrogen and oxygen atoms in total. The predicted molar refractivity (Wildman–Crippen MR) is 57.7 cm³/mol. The SMILES string of the molecule is COCCCC1(C(=O)OC)CCCCN1. The number of carbonyl (C=O) groups is 1. The third kappa shape index (κ3) is 3.18. The van der Waals surface area contributed by atoms with Crippen molar-refractivity contribution in [2.24, 2.45) is 0 Å². The lowest BCUT2D eigenvalue weighted by atomic mass is 9.85. The first kappa shape index (κ1) is 12.5. The zero-order valence-corrected chi connectivity index (χ0v) is 9.67. The van der Waals surface area contributed by atoms with Crippen LogP contribution in [0.3, 0.4) is 0 Å². The fourth-order valence-corrected chi connectivity index (χ4v) is 2.17. The van der Waals surface area contributed by atoms with Crippen molar-refractivity contribution in [3.8, 4) is 0 Å². The molecule has 0 aromatic rings. The number of methoxy groups -OCH3 is 2. The van der Waals surface area contributed by atoms with Gasteiger partial charge in [0.25, 0.3) is 0 Å². The summed E-state index contributed by atoms with van der Waals surface area (Å²) in [6.07, 6.45) is 4.80. The Labute approximate surface area is 91.3 Å². The van der Waals surface area contributed by atoms with Gasteiger partial charge in [-0.15, -0.1) is 0 Å². The Morgan fingerprint density at radius 3 is 2.73 bits per heavy atom. The van der Waals surface area contributed by atoms with E-state index in [1.54, 1.807) is 7.11 Å². The van der Waals surface area contributed by atoms with Gasteiger partial charge in [-0.25, -0.2) is 0 Å². The van der Waals surface area contributed by atoms with Crippen molar-refractivity contribution < 1.29 is 14.3 Å². The number of hydrogen-bond acceptors (Lipinski definition) is 4. The molecule has 1 aliphatic heterocycles. The van der Waals surface area contributed by atoms with Crippen LogP contribution in [0.2, 0.25) is 0 Å². The van der Waals surface area contributed by atoms with Crippen LogP contribution < -0.4 is 5.32 Å². The van der Waals surface area contributed by atoms with E-state index in [0.29, 0.717) is 6.61 Å². The van der Waals surface area contributed by atoms with Gasteiger partial charge in [0.1, 0.15) is 5.54 Å². The molecule has 0 amide bonds. The van der Waals surface area contributed by atoms with E-state index < -0.39 is 5.54 Å². The Kier molecular flexibility index (Phi) is 5.05. The molecule has 1 heterocycles. The van der Waals surface area contributed by atoms with Gasteiger partial charge in [-0.2, -0.15) is 0 Å². The number of esters is 1.